The molecule has 0 radical (unpaired) electrons. The molecule has 2 saturated heterocycles. The third kappa shape index (κ3) is 4.75. The van der Waals surface area contributed by atoms with Gasteiger partial charge in [-0.05, 0) is 61.8 Å². The lowest BCUT2D eigenvalue weighted by Crippen LogP contribution is -2.44. The molecule has 1 N–H and O–H groups in total. The van der Waals surface area contributed by atoms with Crippen molar-refractivity contribution in [3.63, 3.8) is 0 Å². The Bertz CT molecular complexity index is 1020. The molecule has 0 spiro atoms. The van der Waals surface area contributed by atoms with Crippen molar-refractivity contribution in [3.8, 4) is 0 Å². The minimum atomic E-state index is -3.48. The monoisotopic (exact) mass is 456 g/mol. The minimum Gasteiger partial charge on any atom is -0.396 e. The van der Waals surface area contributed by atoms with Gasteiger partial charge in [0.1, 0.15) is 5.25 Å². The Hall–Kier alpha value is -2.22. The van der Waals surface area contributed by atoms with Crippen LogP contribution in [-0.2, 0) is 16.6 Å². The van der Waals surface area contributed by atoms with Crippen LogP contribution in [0.2, 0.25) is 0 Å². The Balaban J connectivity index is 1.48. The molecule has 32 heavy (non-hydrogen) atoms. The molecular formula is C25H32N2O4S. The number of carbonyl (C=O) groups is 1. The molecule has 3 atom stereocenters. The van der Waals surface area contributed by atoms with Crippen LogP contribution in [0.1, 0.15) is 59.3 Å². The lowest BCUT2D eigenvalue weighted by molar-refractivity contribution is 0.0620. The van der Waals surface area contributed by atoms with Gasteiger partial charge in [-0.2, -0.15) is 4.31 Å². The summed E-state index contributed by atoms with van der Waals surface area (Å²) in [4.78, 5) is 14.7. The molecule has 172 valence electrons. The number of piperidine rings is 1. The summed E-state index contributed by atoms with van der Waals surface area (Å²) < 4.78 is 28.4. The Morgan fingerprint density at radius 3 is 2.44 bits per heavy atom. The van der Waals surface area contributed by atoms with Crippen LogP contribution < -0.4 is 0 Å². The van der Waals surface area contributed by atoms with Gasteiger partial charge in [-0.25, -0.2) is 8.42 Å². The number of sulfonamides is 1. The van der Waals surface area contributed by atoms with Crippen LogP contribution in [0.15, 0.2) is 54.6 Å². The van der Waals surface area contributed by atoms with E-state index in [1.807, 2.05) is 49.4 Å². The number of hydrogen-bond donors (Lipinski definition) is 1. The molecule has 1 amide bonds. The molecule has 2 heterocycles. The smallest absolute Gasteiger partial charge is 0.253 e. The van der Waals surface area contributed by atoms with Gasteiger partial charge < -0.3 is 10.0 Å². The number of aliphatic hydroxyl groups excluding tert-OH is 1. The average molecular weight is 457 g/mol. The summed E-state index contributed by atoms with van der Waals surface area (Å²) in [6.07, 6.45) is 3.30. The van der Waals surface area contributed by atoms with Crippen LogP contribution in [0.5, 0.6) is 0 Å². The topological polar surface area (TPSA) is 77.9 Å². The maximum Gasteiger partial charge on any atom is 0.253 e. The molecule has 2 aromatic rings. The van der Waals surface area contributed by atoms with Crippen molar-refractivity contribution in [1.82, 2.24) is 9.21 Å². The zero-order valence-corrected chi connectivity index (χ0v) is 19.4. The van der Waals surface area contributed by atoms with E-state index in [4.69, 9.17) is 0 Å². The maximum absolute atomic E-state index is 13.4. The number of aliphatic hydroxyl groups is 1. The highest BCUT2D eigenvalue weighted by atomic mass is 32.2. The quantitative estimate of drug-likeness (QED) is 0.746. The highest BCUT2D eigenvalue weighted by Gasteiger charge is 2.40. The van der Waals surface area contributed by atoms with Crippen LogP contribution in [0, 0.1) is 5.92 Å². The number of carbonyl (C=O) groups excluding carboxylic acids is 1. The highest BCUT2D eigenvalue weighted by molar-refractivity contribution is 7.89. The van der Waals surface area contributed by atoms with Crippen LogP contribution >= 0.6 is 0 Å². The van der Waals surface area contributed by atoms with Crippen molar-refractivity contribution in [1.29, 1.82) is 0 Å². The van der Waals surface area contributed by atoms with E-state index >= 15 is 0 Å². The molecule has 2 aliphatic rings. The van der Waals surface area contributed by atoms with Crippen molar-refractivity contribution in [2.45, 2.75) is 50.4 Å². The second kappa shape index (κ2) is 9.73. The fraction of sp³-hybridized carbons (Fsp3) is 0.480. The maximum atomic E-state index is 13.4. The fourth-order valence-electron chi connectivity index (χ4n) is 4.87. The number of nitrogens with zero attached hydrogens (tertiary/aromatic N) is 2. The molecule has 0 aliphatic carbocycles. The molecule has 2 aliphatic heterocycles. The lowest BCUT2D eigenvalue weighted by Gasteiger charge is -2.37. The Morgan fingerprint density at radius 2 is 1.75 bits per heavy atom. The van der Waals surface area contributed by atoms with Gasteiger partial charge in [-0.3, -0.25) is 4.79 Å². The van der Waals surface area contributed by atoms with Gasteiger partial charge >= 0.3 is 0 Å². The first-order valence-corrected chi connectivity index (χ1v) is 12.9. The third-order valence-electron chi connectivity index (χ3n) is 6.80. The molecule has 6 nitrogen and oxygen atoms in total. The second-order valence-electron chi connectivity index (χ2n) is 9.05. The van der Waals surface area contributed by atoms with Crippen molar-refractivity contribution < 1.29 is 18.3 Å². The molecule has 0 saturated carbocycles. The minimum absolute atomic E-state index is 0.0298. The second-order valence-corrected chi connectivity index (χ2v) is 11.1. The molecule has 2 unspecified atom stereocenters. The molecule has 0 aromatic heterocycles. The Kier molecular flexibility index (Phi) is 6.98. The molecule has 2 fully saturated rings. The van der Waals surface area contributed by atoms with Gasteiger partial charge in [0.15, 0.2) is 0 Å². The van der Waals surface area contributed by atoms with Gasteiger partial charge in [0.25, 0.3) is 5.91 Å². The van der Waals surface area contributed by atoms with Crippen molar-refractivity contribution in [2.75, 3.05) is 19.7 Å². The summed E-state index contributed by atoms with van der Waals surface area (Å²) in [5.74, 6) is 0.119. The van der Waals surface area contributed by atoms with E-state index < -0.39 is 15.3 Å². The molecule has 2 aromatic carbocycles. The van der Waals surface area contributed by atoms with Gasteiger partial charge in [-0.15, -0.1) is 0 Å². The largest absolute Gasteiger partial charge is 0.396 e. The van der Waals surface area contributed by atoms with Crippen molar-refractivity contribution >= 4 is 15.9 Å². The van der Waals surface area contributed by atoms with Gasteiger partial charge in [0.2, 0.25) is 10.0 Å². The molecule has 7 heteroatoms. The van der Waals surface area contributed by atoms with Crippen LogP contribution in [0.4, 0.5) is 0 Å². The predicted octanol–water partition coefficient (Wildman–Crippen LogP) is 3.59. The first-order chi connectivity index (χ1) is 15.4. The van der Waals surface area contributed by atoms with E-state index in [1.54, 1.807) is 21.3 Å². The number of likely N-dealkylation sites (tertiary alicyclic amines) is 1. The Morgan fingerprint density at radius 1 is 1.03 bits per heavy atom. The normalized spacial score (nSPS) is 26.1. The zero-order valence-electron chi connectivity index (χ0n) is 18.6. The lowest BCUT2D eigenvalue weighted by atomic mass is 9.98. The Labute approximate surface area is 190 Å². The standard InChI is InChI=1S/C25H32N2O4S/c1-19-9-14-24(22-7-3-2-4-8-22)32(30,31)27(19)17-20-10-12-23(13-11-20)25(29)26-15-5-6-21(16-26)18-28/h2-4,7-8,10-13,19,21,24,28H,5-6,9,14-18H2,1H3/t19-,21?,24?/m0/s1. The molecule has 0 bridgehead atoms. The predicted molar refractivity (Wildman–Crippen MR) is 124 cm³/mol. The molecule has 4 rings (SSSR count). The number of hydrogen-bond acceptors (Lipinski definition) is 4. The van der Waals surface area contributed by atoms with E-state index in [0.717, 1.165) is 30.4 Å². The van der Waals surface area contributed by atoms with Crippen LogP contribution in [-0.4, -0.2) is 54.4 Å². The summed E-state index contributed by atoms with van der Waals surface area (Å²) in [7, 11) is -3.48. The van der Waals surface area contributed by atoms with Crippen molar-refractivity contribution in [2.24, 2.45) is 5.92 Å². The summed E-state index contributed by atoms with van der Waals surface area (Å²) in [6.45, 7) is 3.67. The van der Waals surface area contributed by atoms with Gasteiger partial charge in [0.05, 0.1) is 0 Å². The van der Waals surface area contributed by atoms with Crippen LogP contribution in [0.25, 0.3) is 0 Å². The zero-order chi connectivity index (χ0) is 22.7. The highest BCUT2D eigenvalue weighted by Crippen LogP contribution is 2.38. The van der Waals surface area contributed by atoms with Gasteiger partial charge in [-0.1, -0.05) is 42.5 Å². The first kappa shape index (κ1) is 23.0. The van der Waals surface area contributed by atoms with Gasteiger partial charge in [0, 0.05) is 37.8 Å². The van der Waals surface area contributed by atoms with E-state index in [2.05, 4.69) is 0 Å². The number of benzene rings is 2. The average Bonchev–Trinajstić information content (AvgIpc) is 2.82. The number of amides is 1. The first-order valence-electron chi connectivity index (χ1n) is 11.4. The number of rotatable bonds is 5. The van der Waals surface area contributed by atoms with E-state index in [-0.39, 0.29) is 24.5 Å². The third-order valence-corrected chi connectivity index (χ3v) is 9.17. The fourth-order valence-corrected chi connectivity index (χ4v) is 7.06. The van der Waals surface area contributed by atoms with E-state index in [1.165, 1.54) is 0 Å². The summed E-state index contributed by atoms with van der Waals surface area (Å²) in [5, 5.41) is 8.90. The van der Waals surface area contributed by atoms with E-state index in [0.29, 0.717) is 31.6 Å². The summed E-state index contributed by atoms with van der Waals surface area (Å²) in [5.41, 5.74) is 2.31. The van der Waals surface area contributed by atoms with E-state index in [9.17, 15) is 18.3 Å². The molecular weight excluding hydrogens is 424 g/mol. The summed E-state index contributed by atoms with van der Waals surface area (Å²) in [6, 6.07) is 16.7. The van der Waals surface area contributed by atoms with Crippen molar-refractivity contribution in [3.05, 3.63) is 71.3 Å². The summed E-state index contributed by atoms with van der Waals surface area (Å²) >= 11 is 0. The SMILES string of the molecule is C[C@H]1CCC(c2ccccc2)S(=O)(=O)N1Cc1ccc(C(=O)N2CCCC(CO)C2)cc1. The van der Waals surface area contributed by atoms with Crippen LogP contribution in [0.3, 0.4) is 0 Å².